The van der Waals surface area contributed by atoms with Crippen molar-refractivity contribution < 1.29 is 4.79 Å². The van der Waals surface area contributed by atoms with Crippen molar-refractivity contribution in [1.82, 2.24) is 10.3 Å². The maximum atomic E-state index is 12.5. The highest BCUT2D eigenvalue weighted by Gasteiger charge is 2.29. The second kappa shape index (κ2) is 6.53. The molecule has 4 nitrogen and oxygen atoms in total. The molecule has 1 aromatic rings. The molecule has 1 aromatic heterocycles. The van der Waals surface area contributed by atoms with Crippen LogP contribution in [0.2, 0.25) is 0 Å². The largest absolute Gasteiger partial charge is 0.347 e. The summed E-state index contributed by atoms with van der Waals surface area (Å²) in [5.41, 5.74) is 6.49. The summed E-state index contributed by atoms with van der Waals surface area (Å²) >= 11 is 0. The molecule has 1 aliphatic rings. The van der Waals surface area contributed by atoms with Gasteiger partial charge in [0.2, 0.25) is 0 Å². The molecule has 4 heteroatoms. The first-order valence-electron chi connectivity index (χ1n) is 7.10. The molecule has 106 valence electrons. The van der Waals surface area contributed by atoms with Gasteiger partial charge < -0.3 is 11.1 Å². The van der Waals surface area contributed by atoms with Gasteiger partial charge in [-0.25, -0.2) is 0 Å². The number of carbonyl (C=O) groups excluding carboxylic acids is 1. The molecule has 0 aliphatic heterocycles. The molecule has 0 saturated heterocycles. The molecule has 0 radical (unpaired) electrons. The SMILES string of the molecule is CC1(NC(=O)c2ccncc2C#CCN)CCCCC1. The first kappa shape index (κ1) is 14.5. The van der Waals surface area contributed by atoms with Crippen molar-refractivity contribution in [2.45, 2.75) is 44.6 Å². The van der Waals surface area contributed by atoms with Crippen LogP contribution in [-0.4, -0.2) is 23.0 Å². The monoisotopic (exact) mass is 271 g/mol. The van der Waals surface area contributed by atoms with Crippen molar-refractivity contribution in [1.29, 1.82) is 0 Å². The fourth-order valence-electron chi connectivity index (χ4n) is 2.64. The Bertz CT molecular complexity index is 536. The number of nitrogens with zero attached hydrogens (tertiary/aromatic N) is 1. The van der Waals surface area contributed by atoms with Crippen LogP contribution in [0, 0.1) is 11.8 Å². The Morgan fingerprint density at radius 1 is 1.45 bits per heavy atom. The van der Waals surface area contributed by atoms with Gasteiger partial charge in [-0.3, -0.25) is 9.78 Å². The van der Waals surface area contributed by atoms with E-state index in [2.05, 4.69) is 29.1 Å². The summed E-state index contributed by atoms with van der Waals surface area (Å²) in [4.78, 5) is 16.5. The number of pyridine rings is 1. The predicted molar refractivity (Wildman–Crippen MR) is 79.1 cm³/mol. The average Bonchev–Trinajstić information content (AvgIpc) is 2.45. The van der Waals surface area contributed by atoms with E-state index < -0.39 is 0 Å². The Hall–Kier alpha value is -1.86. The maximum absolute atomic E-state index is 12.5. The maximum Gasteiger partial charge on any atom is 0.253 e. The highest BCUT2D eigenvalue weighted by molar-refractivity contribution is 5.97. The molecule has 2 rings (SSSR count). The quantitative estimate of drug-likeness (QED) is 0.807. The topological polar surface area (TPSA) is 68.0 Å². The molecule has 0 atom stereocenters. The first-order chi connectivity index (χ1) is 9.64. The number of aromatic nitrogens is 1. The van der Waals surface area contributed by atoms with Crippen molar-refractivity contribution in [3.63, 3.8) is 0 Å². The minimum atomic E-state index is -0.100. The van der Waals surface area contributed by atoms with E-state index in [1.807, 2.05) is 0 Å². The predicted octanol–water partition coefficient (Wildman–Crippen LogP) is 1.84. The van der Waals surface area contributed by atoms with Gasteiger partial charge in [-0.1, -0.05) is 31.1 Å². The third-order valence-corrected chi connectivity index (χ3v) is 3.76. The van der Waals surface area contributed by atoms with E-state index in [1.54, 1.807) is 18.5 Å². The van der Waals surface area contributed by atoms with Crippen LogP contribution in [0.15, 0.2) is 18.5 Å². The fourth-order valence-corrected chi connectivity index (χ4v) is 2.64. The van der Waals surface area contributed by atoms with E-state index in [9.17, 15) is 4.79 Å². The highest BCUT2D eigenvalue weighted by atomic mass is 16.1. The van der Waals surface area contributed by atoms with Crippen LogP contribution in [0.4, 0.5) is 0 Å². The number of hydrogen-bond acceptors (Lipinski definition) is 3. The van der Waals surface area contributed by atoms with Crippen LogP contribution in [0.25, 0.3) is 0 Å². The van der Waals surface area contributed by atoms with Crippen LogP contribution in [-0.2, 0) is 0 Å². The number of nitrogens with one attached hydrogen (secondary N) is 1. The Labute approximate surface area is 120 Å². The number of carbonyl (C=O) groups is 1. The molecular formula is C16H21N3O. The Kier molecular flexibility index (Phi) is 4.75. The van der Waals surface area contributed by atoms with Crippen LogP contribution >= 0.6 is 0 Å². The molecule has 1 aliphatic carbocycles. The van der Waals surface area contributed by atoms with Gasteiger partial charge in [0.05, 0.1) is 17.7 Å². The third kappa shape index (κ3) is 3.58. The third-order valence-electron chi connectivity index (χ3n) is 3.76. The summed E-state index contributed by atoms with van der Waals surface area (Å²) in [6.07, 6.45) is 8.90. The van der Waals surface area contributed by atoms with Crippen LogP contribution in [0.1, 0.15) is 54.9 Å². The van der Waals surface area contributed by atoms with Gasteiger partial charge in [-0.2, -0.15) is 0 Å². The second-order valence-corrected chi connectivity index (χ2v) is 5.50. The number of amides is 1. The van der Waals surface area contributed by atoms with E-state index in [0.29, 0.717) is 11.1 Å². The van der Waals surface area contributed by atoms with Crippen LogP contribution < -0.4 is 11.1 Å². The van der Waals surface area contributed by atoms with E-state index >= 15 is 0 Å². The molecule has 20 heavy (non-hydrogen) atoms. The number of nitrogens with two attached hydrogens (primary N) is 1. The Morgan fingerprint density at radius 2 is 2.20 bits per heavy atom. The van der Waals surface area contributed by atoms with E-state index in [1.165, 1.54) is 19.3 Å². The molecule has 1 fully saturated rings. The number of hydrogen-bond donors (Lipinski definition) is 2. The lowest BCUT2D eigenvalue weighted by molar-refractivity contribution is 0.0882. The normalized spacial score (nSPS) is 16.9. The fraction of sp³-hybridized carbons (Fsp3) is 0.500. The van der Waals surface area contributed by atoms with Crippen molar-refractivity contribution in [2.24, 2.45) is 5.73 Å². The van der Waals surface area contributed by atoms with E-state index in [4.69, 9.17) is 5.73 Å². The summed E-state index contributed by atoms with van der Waals surface area (Å²) in [6, 6.07) is 1.71. The molecule has 0 aromatic carbocycles. The Balaban J connectivity index is 2.16. The van der Waals surface area contributed by atoms with Gasteiger partial charge in [-0.15, -0.1) is 0 Å². The lowest BCUT2D eigenvalue weighted by Gasteiger charge is -2.34. The zero-order chi connectivity index (χ0) is 14.4. The van der Waals surface area contributed by atoms with Gasteiger partial charge in [-0.05, 0) is 25.8 Å². The lowest BCUT2D eigenvalue weighted by atomic mass is 9.83. The summed E-state index contributed by atoms with van der Waals surface area (Å²) in [7, 11) is 0. The van der Waals surface area contributed by atoms with Crippen molar-refractivity contribution in [2.75, 3.05) is 6.54 Å². The average molecular weight is 271 g/mol. The minimum absolute atomic E-state index is 0.0712. The highest BCUT2D eigenvalue weighted by Crippen LogP contribution is 2.27. The molecule has 1 heterocycles. The van der Waals surface area contributed by atoms with Crippen LogP contribution in [0.5, 0.6) is 0 Å². The zero-order valence-electron chi connectivity index (χ0n) is 11.9. The summed E-state index contributed by atoms with van der Waals surface area (Å²) in [5.74, 6) is 5.60. The zero-order valence-corrected chi connectivity index (χ0v) is 11.9. The molecule has 0 spiro atoms. The van der Waals surface area contributed by atoms with Crippen molar-refractivity contribution in [3.05, 3.63) is 29.6 Å². The Morgan fingerprint density at radius 3 is 2.90 bits per heavy atom. The van der Waals surface area contributed by atoms with Gasteiger partial charge in [0.15, 0.2) is 0 Å². The lowest BCUT2D eigenvalue weighted by Crippen LogP contribution is -2.47. The number of rotatable bonds is 2. The minimum Gasteiger partial charge on any atom is -0.347 e. The van der Waals surface area contributed by atoms with Crippen molar-refractivity contribution >= 4 is 5.91 Å². The molecule has 0 bridgehead atoms. The van der Waals surface area contributed by atoms with Gasteiger partial charge >= 0.3 is 0 Å². The summed E-state index contributed by atoms with van der Waals surface area (Å²) in [5, 5.41) is 3.16. The van der Waals surface area contributed by atoms with E-state index in [-0.39, 0.29) is 18.0 Å². The van der Waals surface area contributed by atoms with E-state index in [0.717, 1.165) is 12.8 Å². The second-order valence-electron chi connectivity index (χ2n) is 5.50. The smallest absolute Gasteiger partial charge is 0.253 e. The molecule has 1 amide bonds. The molecule has 0 unspecified atom stereocenters. The summed E-state index contributed by atoms with van der Waals surface area (Å²) in [6.45, 7) is 2.39. The summed E-state index contributed by atoms with van der Waals surface area (Å²) < 4.78 is 0. The van der Waals surface area contributed by atoms with Gasteiger partial charge in [0.25, 0.3) is 5.91 Å². The molecule has 3 N–H and O–H groups in total. The first-order valence-corrected chi connectivity index (χ1v) is 7.10. The van der Waals surface area contributed by atoms with Crippen LogP contribution in [0.3, 0.4) is 0 Å². The van der Waals surface area contributed by atoms with Gasteiger partial charge in [0.1, 0.15) is 0 Å². The van der Waals surface area contributed by atoms with Crippen molar-refractivity contribution in [3.8, 4) is 11.8 Å². The van der Waals surface area contributed by atoms with Gasteiger partial charge in [0, 0.05) is 17.9 Å². The molecular weight excluding hydrogens is 250 g/mol. The standard InChI is InChI=1S/C16H21N3O/c1-16(8-3-2-4-9-16)19-15(20)14-7-11-18-12-13(14)6-5-10-17/h7,11-12H,2-4,8-10,17H2,1H3,(H,19,20). The molecule has 1 saturated carbocycles.